The number of carbonyl (C=O) groups is 12. The Morgan fingerprint density at radius 2 is 1.08 bits per heavy atom. The Labute approximate surface area is 412 Å². The number of nitrogens with one attached hydrogen (secondary N) is 9. The minimum Gasteiger partial charge on any atom is -0.481 e. The topological polar surface area (TPSA) is 400 Å². The average Bonchev–Trinajstić information content (AvgIpc) is 3.27. The first-order valence-electron chi connectivity index (χ1n) is 23.2. The number of carbonyl (C=O) groups excluding carboxylic acids is 10. The second kappa shape index (κ2) is 30.4. The number of carboxylic acid groups (broad SMARTS) is 2. The van der Waals surface area contributed by atoms with Gasteiger partial charge in [0.2, 0.25) is 59.1 Å². The molecule has 0 aliphatic heterocycles. The largest absolute Gasteiger partial charge is 0.481 e. The molecule has 0 aromatic heterocycles. The number of aliphatic hydroxyl groups excluding tert-OH is 1. The first-order chi connectivity index (χ1) is 33.1. The number of aliphatic carboxylic acids is 2. The number of hydrogen-bond donors (Lipinski definition) is 13. The van der Waals surface area contributed by atoms with Gasteiger partial charge in [-0.05, 0) is 56.4 Å². The molecule has 0 fully saturated rings. The van der Waals surface area contributed by atoms with Crippen LogP contribution in [0.4, 0.5) is 0 Å². The molecule has 0 bridgehead atoms. The summed E-state index contributed by atoms with van der Waals surface area (Å²) in [6.07, 6.45) is -2.56. The van der Waals surface area contributed by atoms with Gasteiger partial charge in [0, 0.05) is 6.92 Å². The van der Waals surface area contributed by atoms with Crippen LogP contribution in [0.25, 0.3) is 0 Å². The summed E-state index contributed by atoms with van der Waals surface area (Å²) in [7, 11) is 0. The predicted octanol–water partition coefficient (Wildman–Crippen LogP) is -2.78. The molecule has 14 N–H and O–H groups in total. The molecule has 0 saturated carbocycles. The molecule has 1 aromatic carbocycles. The lowest BCUT2D eigenvalue weighted by Gasteiger charge is -2.30. The number of carboxylic acids is 2. The minimum absolute atomic E-state index is 0.0380. The molecule has 25 heteroatoms. The molecule has 10 amide bonds. The molecule has 1 rings (SSSR count). The van der Waals surface area contributed by atoms with E-state index in [-0.39, 0.29) is 25.2 Å². The molecule has 1 aromatic rings. The second-order valence-corrected chi connectivity index (χ2v) is 18.0. The van der Waals surface area contributed by atoms with Crippen LogP contribution in [0.15, 0.2) is 30.3 Å². The van der Waals surface area contributed by atoms with Crippen LogP contribution < -0.4 is 53.6 Å². The summed E-state index contributed by atoms with van der Waals surface area (Å²) in [6, 6.07) is -2.68. The van der Waals surface area contributed by atoms with Crippen molar-refractivity contribution in [1.29, 1.82) is 0 Å². The maximum atomic E-state index is 13.9. The Hall–Kier alpha value is -7.18. The summed E-state index contributed by atoms with van der Waals surface area (Å²) < 4.78 is 0. The van der Waals surface area contributed by atoms with Gasteiger partial charge < -0.3 is 68.9 Å². The third-order valence-electron chi connectivity index (χ3n) is 10.9. The predicted molar refractivity (Wildman–Crippen MR) is 254 cm³/mol. The van der Waals surface area contributed by atoms with Crippen molar-refractivity contribution in [1.82, 2.24) is 47.9 Å². The molecule has 25 nitrogen and oxygen atoms in total. The van der Waals surface area contributed by atoms with Gasteiger partial charge in [0.1, 0.15) is 48.3 Å². The Morgan fingerprint density at radius 1 is 0.577 bits per heavy atom. The Kier molecular flexibility index (Phi) is 26.5. The lowest BCUT2D eigenvalue weighted by atomic mass is 9.95. The molecular formula is C46H72N10O15. The molecule has 0 heterocycles. The highest BCUT2D eigenvalue weighted by Crippen LogP contribution is 2.13. The summed E-state index contributed by atoms with van der Waals surface area (Å²) in [5.41, 5.74) is 6.28. The zero-order chi connectivity index (χ0) is 54.3. The summed E-state index contributed by atoms with van der Waals surface area (Å²) in [6.45, 7) is 12.7. The first kappa shape index (κ1) is 61.8. The molecule has 396 valence electrons. The fraction of sp³-hybridized carbons (Fsp3) is 0.609. The lowest BCUT2D eigenvalue weighted by Crippen LogP contribution is -2.62. The van der Waals surface area contributed by atoms with Gasteiger partial charge >= 0.3 is 11.9 Å². The van der Waals surface area contributed by atoms with Gasteiger partial charge in [-0.2, -0.15) is 0 Å². The number of rotatable bonds is 31. The number of hydrogen-bond acceptors (Lipinski definition) is 13. The van der Waals surface area contributed by atoms with E-state index in [4.69, 9.17) is 5.73 Å². The molecule has 0 saturated heterocycles. The van der Waals surface area contributed by atoms with Crippen molar-refractivity contribution in [2.24, 2.45) is 23.5 Å². The van der Waals surface area contributed by atoms with Crippen molar-refractivity contribution in [3.05, 3.63) is 35.9 Å². The van der Waals surface area contributed by atoms with E-state index >= 15 is 0 Å². The zero-order valence-corrected chi connectivity index (χ0v) is 41.6. The van der Waals surface area contributed by atoms with Crippen LogP contribution in [0.3, 0.4) is 0 Å². The van der Waals surface area contributed by atoms with E-state index < -0.39 is 157 Å². The maximum absolute atomic E-state index is 13.9. The van der Waals surface area contributed by atoms with Gasteiger partial charge in [-0.25, -0.2) is 4.79 Å². The number of nitrogens with two attached hydrogens (primary N) is 1. The molecule has 0 aliphatic rings. The summed E-state index contributed by atoms with van der Waals surface area (Å²) in [4.78, 5) is 154. The van der Waals surface area contributed by atoms with Crippen LogP contribution >= 0.6 is 0 Å². The fourth-order valence-corrected chi connectivity index (χ4v) is 6.82. The second-order valence-electron chi connectivity index (χ2n) is 18.0. The fourth-order valence-electron chi connectivity index (χ4n) is 6.82. The number of aryl methyl sites for hydroxylation is 1. The van der Waals surface area contributed by atoms with E-state index in [0.717, 1.165) is 5.56 Å². The average molecular weight is 1010 g/mol. The van der Waals surface area contributed by atoms with Gasteiger partial charge in [0.15, 0.2) is 0 Å². The first-order valence-corrected chi connectivity index (χ1v) is 23.2. The highest BCUT2D eigenvalue weighted by atomic mass is 16.4. The Balaban J connectivity index is 3.13. The van der Waals surface area contributed by atoms with Crippen LogP contribution in [0.5, 0.6) is 0 Å². The normalized spacial score (nSPS) is 15.3. The van der Waals surface area contributed by atoms with Crippen molar-refractivity contribution in [3.63, 3.8) is 0 Å². The summed E-state index contributed by atoms with van der Waals surface area (Å²) >= 11 is 0. The third-order valence-corrected chi connectivity index (χ3v) is 10.9. The summed E-state index contributed by atoms with van der Waals surface area (Å²) in [5.74, 6) is -14.0. The van der Waals surface area contributed by atoms with Gasteiger partial charge in [-0.3, -0.25) is 52.7 Å². The van der Waals surface area contributed by atoms with Crippen LogP contribution in [0.2, 0.25) is 0 Å². The van der Waals surface area contributed by atoms with Gasteiger partial charge in [0.25, 0.3) is 0 Å². The minimum atomic E-state index is -1.87. The molecular weight excluding hydrogens is 933 g/mol. The van der Waals surface area contributed by atoms with Crippen LogP contribution in [-0.4, -0.2) is 147 Å². The van der Waals surface area contributed by atoms with Crippen molar-refractivity contribution in [2.45, 2.75) is 155 Å². The number of benzene rings is 1. The van der Waals surface area contributed by atoms with E-state index in [2.05, 4.69) is 47.9 Å². The van der Waals surface area contributed by atoms with Gasteiger partial charge in [0.05, 0.1) is 25.5 Å². The molecule has 71 heavy (non-hydrogen) atoms. The van der Waals surface area contributed by atoms with E-state index in [1.807, 2.05) is 30.3 Å². The zero-order valence-electron chi connectivity index (χ0n) is 41.6. The number of amides is 10. The highest BCUT2D eigenvalue weighted by molar-refractivity contribution is 5.99. The van der Waals surface area contributed by atoms with Crippen LogP contribution in [0, 0.1) is 17.8 Å². The smallest absolute Gasteiger partial charge is 0.326 e. The highest BCUT2D eigenvalue weighted by Gasteiger charge is 2.37. The van der Waals surface area contributed by atoms with Crippen molar-refractivity contribution in [2.75, 3.05) is 6.54 Å². The maximum Gasteiger partial charge on any atom is 0.326 e. The third kappa shape index (κ3) is 22.9. The van der Waals surface area contributed by atoms with Crippen LogP contribution in [0.1, 0.15) is 100.0 Å². The molecule has 0 aliphatic carbocycles. The van der Waals surface area contributed by atoms with E-state index in [1.54, 1.807) is 27.7 Å². The lowest BCUT2D eigenvalue weighted by molar-refractivity contribution is -0.144. The number of aliphatic hydroxyl groups is 1. The summed E-state index contributed by atoms with van der Waals surface area (Å²) in [5, 5.41) is 50.8. The van der Waals surface area contributed by atoms with E-state index in [1.165, 1.54) is 34.6 Å². The Bertz CT molecular complexity index is 2050. The van der Waals surface area contributed by atoms with Gasteiger partial charge in [-0.15, -0.1) is 0 Å². The van der Waals surface area contributed by atoms with E-state index in [9.17, 15) is 72.9 Å². The molecule has 10 atom stereocenters. The van der Waals surface area contributed by atoms with Crippen molar-refractivity contribution < 1.29 is 72.9 Å². The van der Waals surface area contributed by atoms with E-state index in [0.29, 0.717) is 6.42 Å². The molecule has 0 radical (unpaired) electrons. The van der Waals surface area contributed by atoms with Gasteiger partial charge in [-0.1, -0.05) is 78.3 Å². The SMILES string of the molecule is CC[C@@H](C)[C@H](NC(=O)[C@@H](NC(=O)[C@@H](NC(=O)CNC(=O)[C@H](C)NC(=O)[C@H](CCc1ccccc1)NC(C)=O)[C@@H](C)O)C(C)C)C(=O)N[C@@H](CC(N)=O)C(=O)N[C@@H](CC(=O)O)C(=O)N[C@@H](CC(C)C)C(=O)O. The Morgan fingerprint density at radius 3 is 1.58 bits per heavy atom. The molecule has 0 spiro atoms. The number of primary amides is 1. The van der Waals surface area contributed by atoms with Crippen molar-refractivity contribution in [3.8, 4) is 0 Å². The monoisotopic (exact) mass is 1000 g/mol. The molecule has 0 unspecified atom stereocenters. The standard InChI is InChI=1S/C46H72N10O15/c1-10-24(6)37(44(68)52-30(19-33(47)59)41(65)51-31(20-35(61)62)42(66)53-32(46(70)71)18-22(2)3)56-43(67)36(23(4)5)55-45(69)38(26(8)57)54-34(60)21-48-39(63)25(7)49-40(64)29(50-27(9)58)17-16-28-14-12-11-13-15-28/h11-15,22-26,29-32,36-38,57H,10,16-21H2,1-9H3,(H2,47,59)(H,48,63)(H,49,64)(H,50,58)(H,51,65)(H,52,68)(H,53,66)(H,54,60)(H,55,69)(H,56,67)(H,61,62)(H,70,71)/t24-,25+,26-,29+,30+,31+,32+,36+,37+,38+/m1/s1. The quantitative estimate of drug-likeness (QED) is 0.0358. The van der Waals surface area contributed by atoms with Crippen molar-refractivity contribution >= 4 is 71.0 Å². The van der Waals surface area contributed by atoms with Crippen LogP contribution in [-0.2, 0) is 64.0 Å².